The summed E-state index contributed by atoms with van der Waals surface area (Å²) in [6.07, 6.45) is 15.9. The second-order valence-corrected chi connectivity index (χ2v) is 8.51. The summed E-state index contributed by atoms with van der Waals surface area (Å²) >= 11 is 6.22. The quantitative estimate of drug-likeness (QED) is 0.216. The highest BCUT2D eigenvalue weighted by atomic mass is 35.5. The number of Topliss-reactive ketones (excluding diaryl/α,β-unsaturated/α-hetero) is 1. The first kappa shape index (κ1) is 25.2. The van der Waals surface area contributed by atoms with Crippen molar-refractivity contribution < 1.29 is 4.79 Å². The summed E-state index contributed by atoms with van der Waals surface area (Å²) < 4.78 is 0. The first-order valence-electron chi connectivity index (χ1n) is 11.5. The van der Waals surface area contributed by atoms with Crippen molar-refractivity contribution in [2.45, 2.75) is 109 Å². The zero-order chi connectivity index (χ0) is 20.7. The Hall–Kier alpha value is -0.860. The van der Waals surface area contributed by atoms with Gasteiger partial charge in [0.25, 0.3) is 0 Å². The van der Waals surface area contributed by atoms with E-state index in [2.05, 4.69) is 19.1 Å². The van der Waals surface area contributed by atoms with Crippen LogP contribution < -0.4 is 5.73 Å². The minimum Gasteiger partial charge on any atom is -0.317 e. The smallest absolute Gasteiger partial charge is 0.154 e. The number of halogens is 1. The molecule has 0 heterocycles. The van der Waals surface area contributed by atoms with Gasteiger partial charge in [0.2, 0.25) is 0 Å². The number of rotatable bonds is 17. The van der Waals surface area contributed by atoms with E-state index < -0.39 is 5.54 Å². The molecule has 0 fully saturated rings. The van der Waals surface area contributed by atoms with Crippen LogP contribution in [0.2, 0.25) is 0 Å². The van der Waals surface area contributed by atoms with E-state index in [1.165, 1.54) is 64.2 Å². The number of ketones is 1. The Morgan fingerprint density at radius 1 is 0.893 bits per heavy atom. The molecular weight excluding hydrogens is 366 g/mol. The topological polar surface area (TPSA) is 43.1 Å². The summed E-state index contributed by atoms with van der Waals surface area (Å²) in [5, 5.41) is 0. The minimum absolute atomic E-state index is 0.00258. The first-order valence-corrected chi connectivity index (χ1v) is 12.1. The van der Waals surface area contributed by atoms with E-state index >= 15 is 0 Å². The van der Waals surface area contributed by atoms with E-state index in [-0.39, 0.29) is 17.6 Å². The molecule has 0 aliphatic carbocycles. The van der Waals surface area contributed by atoms with Crippen LogP contribution in [0.5, 0.6) is 0 Å². The van der Waals surface area contributed by atoms with Crippen molar-refractivity contribution in [1.82, 2.24) is 0 Å². The van der Waals surface area contributed by atoms with Gasteiger partial charge in [0.05, 0.1) is 5.54 Å². The maximum Gasteiger partial charge on any atom is 0.154 e. The molecule has 28 heavy (non-hydrogen) atoms. The highest BCUT2D eigenvalue weighted by Crippen LogP contribution is 2.34. The molecule has 0 saturated heterocycles. The molecule has 1 aromatic carbocycles. The summed E-state index contributed by atoms with van der Waals surface area (Å²) in [6, 6.07) is 10.2. The molecule has 0 saturated carbocycles. The molecule has 2 atom stereocenters. The zero-order valence-corrected chi connectivity index (χ0v) is 19.0. The lowest BCUT2D eigenvalue weighted by Crippen LogP contribution is -2.54. The Morgan fingerprint density at radius 2 is 1.39 bits per heavy atom. The molecule has 2 unspecified atom stereocenters. The normalized spacial score (nSPS) is 14.6. The van der Waals surface area contributed by atoms with E-state index in [1.54, 1.807) is 0 Å². The van der Waals surface area contributed by atoms with E-state index in [0.717, 1.165) is 18.4 Å². The maximum atomic E-state index is 12.6. The summed E-state index contributed by atoms with van der Waals surface area (Å²) in [4.78, 5) is 12.6. The summed E-state index contributed by atoms with van der Waals surface area (Å²) in [6.45, 7) is 4.14. The van der Waals surface area contributed by atoms with Crippen LogP contribution in [0.3, 0.4) is 0 Å². The summed E-state index contributed by atoms with van der Waals surface area (Å²) in [5.74, 6) is 0.244. The maximum absolute atomic E-state index is 12.6. The fourth-order valence-corrected chi connectivity index (χ4v) is 4.45. The van der Waals surface area contributed by atoms with Crippen LogP contribution in [-0.2, 0) is 4.79 Å². The third kappa shape index (κ3) is 8.66. The van der Waals surface area contributed by atoms with Crippen molar-refractivity contribution in [2.75, 3.05) is 5.88 Å². The van der Waals surface area contributed by atoms with Crippen LogP contribution >= 0.6 is 11.6 Å². The molecule has 160 valence electrons. The second-order valence-electron chi connectivity index (χ2n) is 8.24. The van der Waals surface area contributed by atoms with Crippen molar-refractivity contribution in [3.63, 3.8) is 0 Å². The number of alkyl halides is 1. The molecule has 1 rings (SSSR count). The molecule has 0 radical (unpaired) electrons. The Balaban J connectivity index is 2.42. The van der Waals surface area contributed by atoms with Gasteiger partial charge in [-0.15, -0.1) is 11.6 Å². The van der Waals surface area contributed by atoms with Crippen LogP contribution in [-0.4, -0.2) is 17.2 Å². The number of carbonyl (C=O) groups excluding carboxylic acids is 1. The molecule has 0 aromatic heterocycles. The van der Waals surface area contributed by atoms with Crippen molar-refractivity contribution in [1.29, 1.82) is 0 Å². The second kappa shape index (κ2) is 15.0. The van der Waals surface area contributed by atoms with Crippen LogP contribution in [0.25, 0.3) is 0 Å². The van der Waals surface area contributed by atoms with Gasteiger partial charge in [0, 0.05) is 18.2 Å². The van der Waals surface area contributed by atoms with Crippen LogP contribution in [0, 0.1) is 0 Å². The van der Waals surface area contributed by atoms with Crippen molar-refractivity contribution in [3.8, 4) is 0 Å². The minimum atomic E-state index is -0.962. The number of hydrogen-bond donors (Lipinski definition) is 1. The van der Waals surface area contributed by atoms with Crippen LogP contribution in [0.4, 0.5) is 0 Å². The van der Waals surface area contributed by atoms with Crippen LogP contribution in [0.15, 0.2) is 30.3 Å². The number of carbonyl (C=O) groups is 1. The van der Waals surface area contributed by atoms with Crippen molar-refractivity contribution in [2.24, 2.45) is 5.73 Å². The Labute approximate surface area is 178 Å². The number of benzene rings is 1. The zero-order valence-electron chi connectivity index (χ0n) is 18.2. The Kier molecular flexibility index (Phi) is 13.5. The summed E-state index contributed by atoms with van der Waals surface area (Å²) in [7, 11) is 0. The standard InChI is InChI=1S/C25H42ClNO/c1-3-5-6-7-8-9-10-11-12-13-17-20-23(22-18-15-14-16-19-22)25(27,21-26)24(28)4-2/h14-16,18-19,23H,3-13,17,20-21,27H2,1-2H3. The van der Waals surface area contributed by atoms with E-state index in [9.17, 15) is 4.79 Å². The molecule has 3 heteroatoms. The molecule has 0 bridgehead atoms. The summed E-state index contributed by atoms with van der Waals surface area (Å²) in [5.41, 5.74) is 6.75. The van der Waals surface area contributed by atoms with E-state index in [1.807, 2.05) is 25.1 Å². The third-order valence-electron chi connectivity index (χ3n) is 5.98. The number of nitrogens with two attached hydrogens (primary N) is 1. The number of unbranched alkanes of at least 4 members (excludes halogenated alkanes) is 10. The Bertz CT molecular complexity index is 519. The van der Waals surface area contributed by atoms with Crippen molar-refractivity contribution in [3.05, 3.63) is 35.9 Å². The fraction of sp³-hybridized carbons (Fsp3) is 0.720. The van der Waals surface area contributed by atoms with Gasteiger partial charge in [-0.05, 0) is 12.0 Å². The molecule has 2 N–H and O–H groups in total. The molecule has 0 amide bonds. The third-order valence-corrected chi connectivity index (χ3v) is 6.42. The predicted molar refractivity (Wildman–Crippen MR) is 123 cm³/mol. The average molecular weight is 408 g/mol. The first-order chi connectivity index (χ1) is 13.6. The van der Waals surface area contributed by atoms with E-state index in [0.29, 0.717) is 6.42 Å². The van der Waals surface area contributed by atoms with Crippen LogP contribution in [0.1, 0.15) is 109 Å². The molecule has 0 aliphatic rings. The Morgan fingerprint density at radius 3 is 1.86 bits per heavy atom. The highest BCUT2D eigenvalue weighted by molar-refractivity contribution is 6.21. The molecule has 0 aliphatic heterocycles. The largest absolute Gasteiger partial charge is 0.317 e. The fourth-order valence-electron chi connectivity index (χ4n) is 4.11. The van der Waals surface area contributed by atoms with Gasteiger partial charge in [0.1, 0.15) is 0 Å². The number of hydrogen-bond acceptors (Lipinski definition) is 2. The average Bonchev–Trinajstić information content (AvgIpc) is 2.74. The lowest BCUT2D eigenvalue weighted by Gasteiger charge is -2.35. The van der Waals surface area contributed by atoms with E-state index in [4.69, 9.17) is 17.3 Å². The van der Waals surface area contributed by atoms with Crippen molar-refractivity contribution >= 4 is 17.4 Å². The molecule has 0 spiro atoms. The monoisotopic (exact) mass is 407 g/mol. The highest BCUT2D eigenvalue weighted by Gasteiger charge is 2.40. The van der Waals surface area contributed by atoms with Gasteiger partial charge in [-0.3, -0.25) is 4.79 Å². The van der Waals surface area contributed by atoms with Gasteiger partial charge in [-0.1, -0.05) is 115 Å². The lowest BCUT2D eigenvalue weighted by molar-refractivity contribution is -0.124. The molecule has 1 aromatic rings. The van der Waals surface area contributed by atoms with Gasteiger partial charge < -0.3 is 5.73 Å². The predicted octanol–water partition coefficient (Wildman–Crippen LogP) is 7.39. The van der Waals surface area contributed by atoms with Gasteiger partial charge >= 0.3 is 0 Å². The van der Waals surface area contributed by atoms with Gasteiger partial charge in [-0.25, -0.2) is 0 Å². The lowest BCUT2D eigenvalue weighted by atomic mass is 9.74. The molecular formula is C25H42ClNO. The SMILES string of the molecule is CCCCCCCCCCCCCC(c1ccccc1)C(N)(CCl)C(=O)CC. The van der Waals surface area contributed by atoms with Gasteiger partial charge in [-0.2, -0.15) is 0 Å². The van der Waals surface area contributed by atoms with Gasteiger partial charge in [0.15, 0.2) is 5.78 Å². The molecule has 2 nitrogen and oxygen atoms in total.